The third-order valence-electron chi connectivity index (χ3n) is 5.08. The summed E-state index contributed by atoms with van der Waals surface area (Å²) in [5.74, 6) is -0.0272. The van der Waals surface area contributed by atoms with Gasteiger partial charge in [0.15, 0.2) is 0 Å². The third-order valence-corrected chi connectivity index (χ3v) is 5.43. The molecule has 1 heterocycles. The number of benzene rings is 2. The monoisotopic (exact) mass is 370 g/mol. The van der Waals surface area contributed by atoms with Gasteiger partial charge in [-0.15, -0.1) is 0 Å². The van der Waals surface area contributed by atoms with Crippen LogP contribution < -0.4 is 5.32 Å². The first-order valence-electron chi connectivity index (χ1n) is 9.48. The summed E-state index contributed by atoms with van der Waals surface area (Å²) in [7, 11) is 0. The molecule has 2 aromatic carbocycles. The van der Waals surface area contributed by atoms with E-state index in [9.17, 15) is 4.79 Å². The fourth-order valence-electron chi connectivity index (χ4n) is 3.67. The van der Waals surface area contributed by atoms with Crippen molar-refractivity contribution in [3.8, 4) is 0 Å². The minimum atomic E-state index is -0.0272. The van der Waals surface area contributed by atoms with Crippen molar-refractivity contribution >= 4 is 17.5 Å². The Balaban J connectivity index is 1.77. The van der Waals surface area contributed by atoms with Crippen LogP contribution in [0.4, 0.5) is 0 Å². The van der Waals surface area contributed by atoms with Crippen molar-refractivity contribution in [1.29, 1.82) is 0 Å². The van der Waals surface area contributed by atoms with Gasteiger partial charge in [0, 0.05) is 17.1 Å². The van der Waals surface area contributed by atoms with Gasteiger partial charge in [0.1, 0.15) is 0 Å². The number of aryl methyl sites for hydroxylation is 1. The maximum atomic E-state index is 12.6. The average molecular weight is 371 g/mol. The third kappa shape index (κ3) is 4.87. The predicted octanol–water partition coefficient (Wildman–Crippen LogP) is 5.00. The Hall–Kier alpha value is -1.84. The van der Waals surface area contributed by atoms with Crippen molar-refractivity contribution in [2.75, 3.05) is 19.6 Å². The fourth-order valence-corrected chi connectivity index (χ4v) is 3.93. The van der Waals surface area contributed by atoms with Gasteiger partial charge in [0.2, 0.25) is 0 Å². The van der Waals surface area contributed by atoms with Crippen LogP contribution in [-0.4, -0.2) is 30.4 Å². The molecule has 3 rings (SSSR count). The van der Waals surface area contributed by atoms with Gasteiger partial charge in [-0.1, -0.05) is 60.3 Å². The maximum Gasteiger partial charge on any atom is 0.251 e. The SMILES string of the molecule is Cc1cccc(C(=O)NC[C@@H](c2ccccc2Cl)N2CCCCCC2)c1. The van der Waals surface area contributed by atoms with Gasteiger partial charge in [-0.2, -0.15) is 0 Å². The van der Waals surface area contributed by atoms with E-state index in [1.54, 1.807) is 0 Å². The fraction of sp³-hybridized carbons (Fsp3) is 0.409. The smallest absolute Gasteiger partial charge is 0.251 e. The van der Waals surface area contributed by atoms with Crippen molar-refractivity contribution in [3.63, 3.8) is 0 Å². The molecule has 0 spiro atoms. The van der Waals surface area contributed by atoms with Gasteiger partial charge < -0.3 is 5.32 Å². The molecule has 0 unspecified atom stereocenters. The molecule has 4 heteroatoms. The van der Waals surface area contributed by atoms with Crippen molar-refractivity contribution in [2.24, 2.45) is 0 Å². The van der Waals surface area contributed by atoms with Gasteiger partial charge in [-0.25, -0.2) is 0 Å². The van der Waals surface area contributed by atoms with Gasteiger partial charge in [-0.3, -0.25) is 9.69 Å². The average Bonchev–Trinajstić information content (AvgIpc) is 2.92. The highest BCUT2D eigenvalue weighted by atomic mass is 35.5. The second kappa shape index (κ2) is 9.20. The highest BCUT2D eigenvalue weighted by Crippen LogP contribution is 2.29. The van der Waals surface area contributed by atoms with Crippen LogP contribution in [0.15, 0.2) is 48.5 Å². The van der Waals surface area contributed by atoms with Crippen LogP contribution in [0.1, 0.15) is 53.2 Å². The number of nitrogens with zero attached hydrogens (tertiary/aromatic N) is 1. The van der Waals surface area contributed by atoms with Crippen molar-refractivity contribution < 1.29 is 4.79 Å². The topological polar surface area (TPSA) is 32.3 Å². The number of nitrogens with one attached hydrogen (secondary N) is 1. The summed E-state index contributed by atoms with van der Waals surface area (Å²) >= 11 is 6.49. The molecule has 2 aromatic rings. The van der Waals surface area contributed by atoms with Crippen LogP contribution in [-0.2, 0) is 0 Å². The van der Waals surface area contributed by atoms with Crippen molar-refractivity contribution in [2.45, 2.75) is 38.6 Å². The quantitative estimate of drug-likeness (QED) is 0.803. The summed E-state index contributed by atoms with van der Waals surface area (Å²) in [6.45, 7) is 4.67. The molecule has 1 aliphatic rings. The molecular weight excluding hydrogens is 344 g/mol. The Morgan fingerprint density at radius 1 is 1.08 bits per heavy atom. The minimum Gasteiger partial charge on any atom is -0.350 e. The highest BCUT2D eigenvalue weighted by molar-refractivity contribution is 6.31. The van der Waals surface area contributed by atoms with Crippen LogP contribution in [0.2, 0.25) is 5.02 Å². The lowest BCUT2D eigenvalue weighted by molar-refractivity contribution is 0.0933. The first-order chi connectivity index (χ1) is 12.6. The number of carbonyl (C=O) groups excluding carboxylic acids is 1. The molecule has 3 nitrogen and oxygen atoms in total. The van der Waals surface area contributed by atoms with E-state index in [2.05, 4.69) is 16.3 Å². The summed E-state index contributed by atoms with van der Waals surface area (Å²) < 4.78 is 0. The minimum absolute atomic E-state index is 0.0272. The number of carbonyl (C=O) groups is 1. The van der Waals surface area contributed by atoms with Gasteiger partial charge in [0.05, 0.1) is 6.04 Å². The largest absolute Gasteiger partial charge is 0.350 e. The molecule has 0 bridgehead atoms. The zero-order valence-electron chi connectivity index (χ0n) is 15.4. The first-order valence-corrected chi connectivity index (χ1v) is 9.86. The van der Waals surface area contributed by atoms with E-state index in [-0.39, 0.29) is 11.9 Å². The molecule has 0 aliphatic carbocycles. The number of rotatable bonds is 5. The van der Waals surface area contributed by atoms with Crippen LogP contribution in [0.25, 0.3) is 0 Å². The zero-order chi connectivity index (χ0) is 18.4. The second-order valence-corrected chi connectivity index (χ2v) is 7.47. The van der Waals surface area contributed by atoms with E-state index in [1.165, 1.54) is 25.7 Å². The van der Waals surface area contributed by atoms with E-state index in [4.69, 9.17) is 11.6 Å². The second-order valence-electron chi connectivity index (χ2n) is 7.07. The van der Waals surface area contributed by atoms with Gasteiger partial charge >= 0.3 is 0 Å². The standard InChI is InChI=1S/C22H27ClN2O/c1-17-9-8-10-18(15-17)22(26)24-16-21(19-11-4-5-12-20(19)23)25-13-6-2-3-7-14-25/h4-5,8-12,15,21H,2-3,6-7,13-14,16H2,1H3,(H,24,26)/t21-/m0/s1. The number of hydrogen-bond donors (Lipinski definition) is 1. The molecule has 1 aliphatic heterocycles. The summed E-state index contributed by atoms with van der Waals surface area (Å²) in [6.07, 6.45) is 4.96. The number of likely N-dealkylation sites (tertiary alicyclic amines) is 1. The lowest BCUT2D eigenvalue weighted by Gasteiger charge is -2.31. The van der Waals surface area contributed by atoms with Crippen LogP contribution >= 0.6 is 11.6 Å². The van der Waals surface area contributed by atoms with Crippen LogP contribution in [0.3, 0.4) is 0 Å². The van der Waals surface area contributed by atoms with E-state index < -0.39 is 0 Å². The molecule has 1 amide bonds. The molecule has 138 valence electrons. The Morgan fingerprint density at radius 3 is 2.50 bits per heavy atom. The summed E-state index contributed by atoms with van der Waals surface area (Å²) in [5.41, 5.74) is 2.90. The van der Waals surface area contributed by atoms with E-state index in [0.717, 1.165) is 29.2 Å². The molecule has 0 aromatic heterocycles. The lowest BCUT2D eigenvalue weighted by atomic mass is 10.0. The summed E-state index contributed by atoms with van der Waals surface area (Å²) in [4.78, 5) is 15.1. The lowest BCUT2D eigenvalue weighted by Crippen LogP contribution is -2.38. The summed E-state index contributed by atoms with van der Waals surface area (Å²) in [5, 5.41) is 3.90. The van der Waals surface area contributed by atoms with Crippen LogP contribution in [0, 0.1) is 6.92 Å². The molecule has 0 radical (unpaired) electrons. The van der Waals surface area contributed by atoms with Gasteiger partial charge in [0.25, 0.3) is 5.91 Å². The molecule has 0 saturated carbocycles. The van der Waals surface area contributed by atoms with Crippen LogP contribution in [0.5, 0.6) is 0 Å². The Morgan fingerprint density at radius 2 is 1.81 bits per heavy atom. The molecule has 1 saturated heterocycles. The Kier molecular flexibility index (Phi) is 6.70. The number of halogens is 1. The zero-order valence-corrected chi connectivity index (χ0v) is 16.1. The molecule has 26 heavy (non-hydrogen) atoms. The number of amides is 1. The predicted molar refractivity (Wildman–Crippen MR) is 108 cm³/mol. The van der Waals surface area contributed by atoms with Crippen molar-refractivity contribution in [1.82, 2.24) is 10.2 Å². The Labute approximate surface area is 161 Å². The van der Waals surface area contributed by atoms with E-state index in [1.807, 2.05) is 49.4 Å². The summed E-state index contributed by atoms with van der Waals surface area (Å²) in [6, 6.07) is 15.8. The molecule has 1 N–H and O–H groups in total. The van der Waals surface area contributed by atoms with E-state index >= 15 is 0 Å². The first kappa shape index (κ1) is 18.9. The molecule has 1 atom stereocenters. The number of hydrogen-bond acceptors (Lipinski definition) is 2. The maximum absolute atomic E-state index is 12.6. The van der Waals surface area contributed by atoms with Crippen molar-refractivity contribution in [3.05, 3.63) is 70.2 Å². The normalized spacial score (nSPS) is 16.7. The Bertz CT molecular complexity index is 738. The molecule has 1 fully saturated rings. The van der Waals surface area contributed by atoms with Gasteiger partial charge in [-0.05, 0) is 56.6 Å². The molecular formula is C22H27ClN2O. The van der Waals surface area contributed by atoms with E-state index in [0.29, 0.717) is 12.1 Å². The highest BCUT2D eigenvalue weighted by Gasteiger charge is 2.24.